The van der Waals surface area contributed by atoms with Gasteiger partial charge in [-0.2, -0.15) is 0 Å². The minimum absolute atomic E-state index is 0.0112. The van der Waals surface area contributed by atoms with Crippen LogP contribution in [0.15, 0.2) is 0 Å². The van der Waals surface area contributed by atoms with Crippen LogP contribution in [0.25, 0.3) is 0 Å². The van der Waals surface area contributed by atoms with Gasteiger partial charge in [-0.3, -0.25) is 14.5 Å². The second-order valence-electron chi connectivity index (χ2n) is 16.9. The van der Waals surface area contributed by atoms with Crippen molar-refractivity contribution in [3.63, 3.8) is 0 Å². The number of aliphatic hydroxyl groups excluding tert-OH is 2. The van der Waals surface area contributed by atoms with Crippen molar-refractivity contribution in [3.05, 3.63) is 0 Å². The Morgan fingerprint density at radius 2 is 1.55 bits per heavy atom. The van der Waals surface area contributed by atoms with Gasteiger partial charge in [-0.1, -0.05) is 34.6 Å². The monoisotopic (exact) mass is 730 g/mol. The normalized spacial score (nSPS) is 46.9. The molecule has 17 atom stereocenters. The van der Waals surface area contributed by atoms with Crippen LogP contribution in [0.5, 0.6) is 0 Å². The van der Waals surface area contributed by atoms with Gasteiger partial charge < -0.3 is 43.7 Å². The van der Waals surface area contributed by atoms with Crippen molar-refractivity contribution in [2.24, 2.45) is 29.6 Å². The number of likely N-dealkylation sites (N-methyl/N-ethyl adjacent to an activating group) is 1. The number of nitrogens with zero attached hydrogens (tertiary/aromatic N) is 1. The number of aliphatic hydroxyl groups is 3. The molecule has 298 valence electrons. The average Bonchev–Trinajstić information content (AvgIpc) is 3.06. The second kappa shape index (κ2) is 17.9. The summed E-state index contributed by atoms with van der Waals surface area (Å²) in [5, 5.41) is 34.8. The number of Topliss-reactive ketones (excluding diaryl/α,β-unsaturated/α-hetero) is 1. The van der Waals surface area contributed by atoms with Crippen LogP contribution in [0.3, 0.4) is 0 Å². The Kier molecular flexibility index (Phi) is 15.5. The average molecular weight is 730 g/mol. The summed E-state index contributed by atoms with van der Waals surface area (Å²) in [4.78, 5) is 30.0. The molecule has 0 aliphatic carbocycles. The second-order valence-corrected chi connectivity index (χ2v) is 16.9. The Bertz CT molecular complexity index is 1140. The van der Waals surface area contributed by atoms with E-state index in [2.05, 4.69) is 18.7 Å². The molecule has 0 radical (unpaired) electrons. The van der Waals surface area contributed by atoms with Crippen LogP contribution in [0, 0.1) is 29.6 Å². The van der Waals surface area contributed by atoms with E-state index in [0.717, 1.165) is 0 Å². The maximum absolute atomic E-state index is 14.1. The molecule has 0 unspecified atom stereocenters. The zero-order valence-corrected chi connectivity index (χ0v) is 33.8. The molecule has 3 rings (SSSR count). The van der Waals surface area contributed by atoms with Gasteiger partial charge in [-0.05, 0) is 87.1 Å². The van der Waals surface area contributed by atoms with Gasteiger partial charge in [0.2, 0.25) is 0 Å². The quantitative estimate of drug-likeness (QED) is 0.302. The lowest BCUT2D eigenvalue weighted by molar-refractivity contribution is -0.317. The Morgan fingerprint density at radius 1 is 0.922 bits per heavy atom. The van der Waals surface area contributed by atoms with Gasteiger partial charge in [0.1, 0.15) is 24.1 Å². The molecule has 3 aliphatic heterocycles. The van der Waals surface area contributed by atoms with Crippen molar-refractivity contribution in [1.82, 2.24) is 4.90 Å². The molecule has 0 amide bonds. The molecule has 3 fully saturated rings. The van der Waals surface area contributed by atoms with Crippen molar-refractivity contribution in [3.8, 4) is 0 Å². The van der Waals surface area contributed by atoms with Gasteiger partial charge in [-0.15, -0.1) is 0 Å². The zero-order valence-electron chi connectivity index (χ0n) is 33.8. The molecule has 0 spiro atoms. The fourth-order valence-electron chi connectivity index (χ4n) is 8.71. The SMILES string of the molecule is CC[C@H]1OC(=O)[C@H](C)[C@@H](O[C@H]2C[C@](C)(OC)[C@H](O)[C@@H](C)O2)[C@H](C)[C@@H](O[C@H]2O[C@@H](C)[C@@H](N(C)C(C)C)C[C@@H]2O)[C@](C)(O)C[C@@H](C)C(=O)[C@H](C)C[C@H]1C. The summed E-state index contributed by atoms with van der Waals surface area (Å²) in [6.07, 6.45) is -5.51. The molecule has 3 N–H and O–H groups in total. The van der Waals surface area contributed by atoms with E-state index in [9.17, 15) is 24.9 Å². The molecule has 12 nitrogen and oxygen atoms in total. The number of esters is 1. The zero-order chi connectivity index (χ0) is 38.7. The smallest absolute Gasteiger partial charge is 0.311 e. The number of cyclic esters (lactones) is 1. The van der Waals surface area contributed by atoms with Crippen LogP contribution in [0.4, 0.5) is 0 Å². The third-order valence-corrected chi connectivity index (χ3v) is 12.3. The van der Waals surface area contributed by atoms with E-state index < -0.39 is 84.1 Å². The van der Waals surface area contributed by atoms with Crippen LogP contribution in [-0.2, 0) is 38.0 Å². The fraction of sp³-hybridized carbons (Fsp3) is 0.949. The van der Waals surface area contributed by atoms with E-state index in [1.165, 1.54) is 7.11 Å². The first-order chi connectivity index (χ1) is 23.6. The Hall–Kier alpha value is -1.22. The summed E-state index contributed by atoms with van der Waals surface area (Å²) in [5.74, 6) is -2.94. The maximum Gasteiger partial charge on any atom is 0.311 e. The summed E-state index contributed by atoms with van der Waals surface area (Å²) in [7, 11) is 3.53. The third-order valence-electron chi connectivity index (χ3n) is 12.3. The van der Waals surface area contributed by atoms with Crippen LogP contribution in [0.1, 0.15) is 115 Å². The van der Waals surface area contributed by atoms with Gasteiger partial charge in [-0.25, -0.2) is 0 Å². The lowest BCUT2D eigenvalue weighted by atomic mass is 9.75. The first-order valence-corrected chi connectivity index (χ1v) is 19.3. The minimum atomic E-state index is -1.63. The molecular formula is C39H71NO11. The minimum Gasteiger partial charge on any atom is -0.462 e. The van der Waals surface area contributed by atoms with Crippen LogP contribution in [-0.4, -0.2) is 125 Å². The summed E-state index contributed by atoms with van der Waals surface area (Å²) < 4.78 is 37.8. The first kappa shape index (κ1) is 44.2. The van der Waals surface area contributed by atoms with Crippen molar-refractivity contribution in [1.29, 1.82) is 0 Å². The van der Waals surface area contributed by atoms with Gasteiger partial charge in [0, 0.05) is 43.4 Å². The highest BCUT2D eigenvalue weighted by atomic mass is 16.7. The van der Waals surface area contributed by atoms with Gasteiger partial charge >= 0.3 is 5.97 Å². The van der Waals surface area contributed by atoms with Gasteiger partial charge in [0.05, 0.1) is 41.5 Å². The van der Waals surface area contributed by atoms with Gasteiger partial charge in [0.25, 0.3) is 0 Å². The number of methoxy groups -OCH3 is 1. The Balaban J connectivity index is 2.10. The molecule has 12 heteroatoms. The number of carbonyl (C=O) groups excluding carboxylic acids is 2. The van der Waals surface area contributed by atoms with Crippen LogP contribution < -0.4 is 0 Å². The molecule has 0 aromatic carbocycles. The van der Waals surface area contributed by atoms with E-state index >= 15 is 0 Å². The lowest BCUT2D eigenvalue weighted by Gasteiger charge is -2.49. The van der Waals surface area contributed by atoms with Gasteiger partial charge in [0.15, 0.2) is 12.6 Å². The first-order valence-electron chi connectivity index (χ1n) is 19.3. The van der Waals surface area contributed by atoms with E-state index in [1.54, 1.807) is 27.7 Å². The summed E-state index contributed by atoms with van der Waals surface area (Å²) in [6.45, 7) is 22.5. The molecule has 3 saturated heterocycles. The predicted molar refractivity (Wildman–Crippen MR) is 193 cm³/mol. The molecule has 0 saturated carbocycles. The van der Waals surface area contributed by atoms with Crippen molar-refractivity contribution in [2.75, 3.05) is 14.2 Å². The van der Waals surface area contributed by atoms with E-state index in [1.807, 2.05) is 48.6 Å². The fourth-order valence-corrected chi connectivity index (χ4v) is 8.71. The summed E-state index contributed by atoms with van der Waals surface area (Å²) in [5.41, 5.74) is -2.61. The number of hydrogen-bond donors (Lipinski definition) is 3. The molecule has 51 heavy (non-hydrogen) atoms. The number of hydrogen-bond acceptors (Lipinski definition) is 12. The van der Waals surface area contributed by atoms with Crippen LogP contribution >= 0.6 is 0 Å². The topological polar surface area (TPSA) is 153 Å². The van der Waals surface area contributed by atoms with Crippen molar-refractivity contribution < 1.29 is 53.3 Å². The molecule has 3 heterocycles. The molecule has 0 aromatic heterocycles. The summed E-state index contributed by atoms with van der Waals surface area (Å²) in [6, 6.07) is 0.171. The number of ketones is 1. The highest BCUT2D eigenvalue weighted by molar-refractivity contribution is 5.83. The van der Waals surface area contributed by atoms with Crippen molar-refractivity contribution in [2.45, 2.75) is 194 Å². The molecule has 0 bridgehead atoms. The maximum atomic E-state index is 14.1. The lowest BCUT2D eigenvalue weighted by Crippen LogP contribution is -2.60. The highest BCUT2D eigenvalue weighted by Gasteiger charge is 2.51. The van der Waals surface area contributed by atoms with Crippen molar-refractivity contribution >= 4 is 11.8 Å². The Morgan fingerprint density at radius 3 is 2.12 bits per heavy atom. The molecule has 0 aromatic rings. The standard InChI is InChI=1S/C39H71NO11/c1-15-30-21(4)16-22(5)32(42)23(6)18-38(11,45)35(51-37-29(41)17-28(26(9)48-37)40(13)20(2)3)24(7)33(25(8)36(44)49-30)50-31-19-39(12,46-14)34(43)27(10)47-31/h20-31,33-35,37,41,43,45H,15-19H2,1-14H3/t21-,22-,23-,24+,25-,26+,27-,28+,29+,30-,31+,33+,34-,35-,37-,38-,39+/m1/s1. The number of carbonyl (C=O) groups is 2. The summed E-state index contributed by atoms with van der Waals surface area (Å²) >= 11 is 0. The number of rotatable bonds is 8. The largest absolute Gasteiger partial charge is 0.462 e. The Labute approximate surface area is 307 Å². The van der Waals surface area contributed by atoms with E-state index in [0.29, 0.717) is 19.3 Å². The molecular weight excluding hydrogens is 658 g/mol. The third kappa shape index (κ3) is 10.3. The predicted octanol–water partition coefficient (Wildman–Crippen LogP) is 4.48. The highest BCUT2D eigenvalue weighted by Crippen LogP contribution is 2.40. The molecule has 3 aliphatic rings. The van der Waals surface area contributed by atoms with Crippen LogP contribution in [0.2, 0.25) is 0 Å². The number of ether oxygens (including phenoxy) is 6. The van der Waals surface area contributed by atoms with E-state index in [-0.39, 0.29) is 48.6 Å². The van der Waals surface area contributed by atoms with E-state index in [4.69, 9.17) is 28.4 Å².